The lowest BCUT2D eigenvalue weighted by Gasteiger charge is -2.62. The summed E-state index contributed by atoms with van der Waals surface area (Å²) in [5, 5.41) is 3.53. The molecular weight excluding hydrogens is 344 g/mol. The van der Waals surface area contributed by atoms with Crippen LogP contribution < -0.4 is 5.32 Å². The maximum Gasteiger partial charge on any atom is 0.225 e. The van der Waals surface area contributed by atoms with E-state index in [1.807, 2.05) is 20.8 Å². The standard InChI is InChI=1S/C25H44N2O/c1-16-15-19-17-9-10-20-24(5,12-8-14-27(20)7)18(17)11-13-25(19,6)21(16)26-22(28)23(2,3)4/h16-21H,8-15H2,1-7H3,(H,26,28)/t16-,17+,18-,19-,20+,21-,24+,25-/m0/s1. The van der Waals surface area contributed by atoms with Crippen LogP contribution in [0.25, 0.3) is 0 Å². The van der Waals surface area contributed by atoms with Gasteiger partial charge in [0, 0.05) is 17.5 Å². The van der Waals surface area contributed by atoms with E-state index >= 15 is 0 Å². The van der Waals surface area contributed by atoms with Gasteiger partial charge in [-0.1, -0.05) is 41.5 Å². The minimum absolute atomic E-state index is 0.234. The summed E-state index contributed by atoms with van der Waals surface area (Å²) < 4.78 is 0. The summed E-state index contributed by atoms with van der Waals surface area (Å²) in [6.45, 7) is 15.0. The summed E-state index contributed by atoms with van der Waals surface area (Å²) in [4.78, 5) is 15.5. The first-order valence-electron chi connectivity index (χ1n) is 12.0. The fraction of sp³-hybridized carbons (Fsp3) is 0.960. The van der Waals surface area contributed by atoms with Crippen LogP contribution in [0.1, 0.15) is 86.5 Å². The number of nitrogens with one attached hydrogen (secondary N) is 1. The zero-order valence-electron chi connectivity index (χ0n) is 19.5. The fourth-order valence-electron chi connectivity index (χ4n) is 8.41. The molecule has 1 amide bonds. The van der Waals surface area contributed by atoms with E-state index in [-0.39, 0.29) is 16.7 Å². The van der Waals surface area contributed by atoms with Gasteiger partial charge in [-0.15, -0.1) is 0 Å². The third-order valence-corrected chi connectivity index (χ3v) is 9.89. The zero-order valence-corrected chi connectivity index (χ0v) is 19.5. The zero-order chi connectivity index (χ0) is 20.5. The maximum absolute atomic E-state index is 12.8. The van der Waals surface area contributed by atoms with Gasteiger partial charge in [0.1, 0.15) is 0 Å². The number of fused-ring (bicyclic) bond motifs is 5. The van der Waals surface area contributed by atoms with E-state index < -0.39 is 0 Å². The average Bonchev–Trinajstić information content (AvgIpc) is 2.85. The molecule has 1 N–H and O–H groups in total. The predicted octanol–water partition coefficient (Wildman–Crippen LogP) is 5.10. The largest absolute Gasteiger partial charge is 0.352 e. The molecule has 1 aliphatic heterocycles. The van der Waals surface area contributed by atoms with E-state index in [9.17, 15) is 4.79 Å². The monoisotopic (exact) mass is 388 g/mol. The van der Waals surface area contributed by atoms with E-state index in [4.69, 9.17) is 0 Å². The quantitative estimate of drug-likeness (QED) is 0.678. The van der Waals surface area contributed by atoms with Crippen LogP contribution in [0.5, 0.6) is 0 Å². The highest BCUT2D eigenvalue weighted by Crippen LogP contribution is 2.65. The fourth-order valence-corrected chi connectivity index (χ4v) is 8.41. The third kappa shape index (κ3) is 2.97. The van der Waals surface area contributed by atoms with Gasteiger partial charge in [0.25, 0.3) is 0 Å². The first-order chi connectivity index (χ1) is 13.0. The van der Waals surface area contributed by atoms with Gasteiger partial charge in [-0.2, -0.15) is 0 Å². The maximum atomic E-state index is 12.8. The Balaban J connectivity index is 1.58. The molecule has 1 heterocycles. The lowest BCUT2D eigenvalue weighted by atomic mass is 9.47. The van der Waals surface area contributed by atoms with Crippen molar-refractivity contribution in [2.24, 2.45) is 39.9 Å². The molecule has 0 radical (unpaired) electrons. The third-order valence-electron chi connectivity index (χ3n) is 9.89. The highest BCUT2D eigenvalue weighted by molar-refractivity contribution is 5.81. The molecule has 0 aromatic heterocycles. The molecule has 4 aliphatic rings. The molecule has 3 nitrogen and oxygen atoms in total. The predicted molar refractivity (Wildman–Crippen MR) is 116 cm³/mol. The molecule has 8 atom stereocenters. The Morgan fingerprint density at radius 2 is 1.75 bits per heavy atom. The van der Waals surface area contributed by atoms with E-state index in [0.29, 0.717) is 17.4 Å². The number of carbonyl (C=O) groups excluding carboxylic acids is 1. The van der Waals surface area contributed by atoms with Crippen LogP contribution in [0.4, 0.5) is 0 Å². The second kappa shape index (κ2) is 6.72. The lowest BCUT2D eigenvalue weighted by molar-refractivity contribution is -0.134. The van der Waals surface area contributed by atoms with Crippen LogP contribution in [0.3, 0.4) is 0 Å². The first-order valence-corrected chi connectivity index (χ1v) is 12.0. The number of hydrogen-bond acceptors (Lipinski definition) is 2. The van der Waals surface area contributed by atoms with Crippen LogP contribution >= 0.6 is 0 Å². The van der Waals surface area contributed by atoms with Gasteiger partial charge in [-0.05, 0) is 93.0 Å². The first kappa shape index (κ1) is 20.7. The van der Waals surface area contributed by atoms with Gasteiger partial charge in [-0.25, -0.2) is 0 Å². The van der Waals surface area contributed by atoms with Crippen LogP contribution in [-0.4, -0.2) is 36.5 Å². The molecular formula is C25H44N2O. The molecule has 4 rings (SSSR count). The normalized spacial score (nSPS) is 49.1. The van der Waals surface area contributed by atoms with E-state index in [0.717, 1.165) is 23.8 Å². The van der Waals surface area contributed by atoms with Crippen LogP contribution in [0, 0.1) is 39.9 Å². The number of nitrogens with zero attached hydrogens (tertiary/aromatic N) is 1. The van der Waals surface area contributed by atoms with Crippen molar-refractivity contribution in [2.75, 3.05) is 13.6 Å². The highest BCUT2D eigenvalue weighted by Gasteiger charge is 2.62. The van der Waals surface area contributed by atoms with Gasteiger partial charge >= 0.3 is 0 Å². The molecule has 4 fully saturated rings. The van der Waals surface area contributed by atoms with Gasteiger partial charge < -0.3 is 10.2 Å². The summed E-state index contributed by atoms with van der Waals surface area (Å²) in [7, 11) is 2.37. The Hall–Kier alpha value is -0.570. The molecule has 1 saturated heterocycles. The molecule has 0 spiro atoms. The van der Waals surface area contributed by atoms with Crippen molar-refractivity contribution >= 4 is 5.91 Å². The number of amides is 1. The Morgan fingerprint density at radius 1 is 1.04 bits per heavy atom. The minimum atomic E-state index is -0.302. The smallest absolute Gasteiger partial charge is 0.225 e. The summed E-state index contributed by atoms with van der Waals surface area (Å²) >= 11 is 0. The van der Waals surface area contributed by atoms with Crippen molar-refractivity contribution in [1.82, 2.24) is 10.2 Å². The Labute approximate surface area is 173 Å². The number of likely N-dealkylation sites (tertiary alicyclic amines) is 1. The van der Waals surface area contributed by atoms with E-state index in [2.05, 4.69) is 38.0 Å². The van der Waals surface area contributed by atoms with Crippen molar-refractivity contribution < 1.29 is 4.79 Å². The van der Waals surface area contributed by atoms with E-state index in [1.165, 1.54) is 51.5 Å². The molecule has 0 aromatic carbocycles. The molecule has 3 saturated carbocycles. The minimum Gasteiger partial charge on any atom is -0.352 e. The van der Waals surface area contributed by atoms with Crippen molar-refractivity contribution in [3.63, 3.8) is 0 Å². The second-order valence-electron chi connectivity index (χ2n) is 12.5. The summed E-state index contributed by atoms with van der Waals surface area (Å²) in [5.41, 5.74) is 0.488. The SMILES string of the molecule is C[C@H]1C[C@H]2[C@@H]3CC[C@H]4N(C)CCC[C@]4(C)[C@H]3CC[C@]2(C)[C@H]1NC(=O)C(C)(C)C. The number of hydrogen-bond donors (Lipinski definition) is 1. The van der Waals surface area contributed by atoms with Gasteiger partial charge in [0.2, 0.25) is 5.91 Å². The van der Waals surface area contributed by atoms with Crippen molar-refractivity contribution in [2.45, 2.75) is 98.6 Å². The van der Waals surface area contributed by atoms with Gasteiger partial charge in [0.15, 0.2) is 0 Å². The summed E-state index contributed by atoms with van der Waals surface area (Å²) in [6.07, 6.45) is 9.55. The molecule has 3 aliphatic carbocycles. The molecule has 0 bridgehead atoms. The average molecular weight is 389 g/mol. The van der Waals surface area contributed by atoms with Crippen LogP contribution in [-0.2, 0) is 4.79 Å². The number of piperidine rings is 1. The topological polar surface area (TPSA) is 32.3 Å². The molecule has 28 heavy (non-hydrogen) atoms. The van der Waals surface area contributed by atoms with Crippen LogP contribution in [0.2, 0.25) is 0 Å². The summed E-state index contributed by atoms with van der Waals surface area (Å²) in [5.74, 6) is 3.37. The summed E-state index contributed by atoms with van der Waals surface area (Å²) in [6, 6.07) is 1.15. The molecule has 0 unspecified atom stereocenters. The van der Waals surface area contributed by atoms with Crippen molar-refractivity contribution in [3.05, 3.63) is 0 Å². The lowest BCUT2D eigenvalue weighted by Crippen LogP contribution is -2.61. The molecule has 3 heteroatoms. The Bertz CT molecular complexity index is 625. The van der Waals surface area contributed by atoms with E-state index in [1.54, 1.807) is 0 Å². The second-order valence-corrected chi connectivity index (χ2v) is 12.5. The van der Waals surface area contributed by atoms with Gasteiger partial charge in [-0.3, -0.25) is 4.79 Å². The Morgan fingerprint density at radius 3 is 2.43 bits per heavy atom. The molecule has 0 aromatic rings. The Kier molecular flexibility index (Phi) is 4.97. The van der Waals surface area contributed by atoms with Crippen molar-refractivity contribution in [1.29, 1.82) is 0 Å². The van der Waals surface area contributed by atoms with Crippen LogP contribution in [0.15, 0.2) is 0 Å². The number of carbonyl (C=O) groups is 1. The van der Waals surface area contributed by atoms with Crippen molar-refractivity contribution in [3.8, 4) is 0 Å². The van der Waals surface area contributed by atoms with Gasteiger partial charge in [0.05, 0.1) is 0 Å². The highest BCUT2D eigenvalue weighted by atomic mass is 16.2. The number of rotatable bonds is 1. The molecule has 160 valence electrons.